The molecular weight excluding hydrogens is 226 g/mol. The van der Waals surface area contributed by atoms with E-state index < -0.39 is 30.6 Å². The molecule has 6 heteroatoms. The van der Waals surface area contributed by atoms with Crippen LogP contribution in [0.5, 0.6) is 0 Å². The molecule has 1 rings (SSSR count). The molecule has 0 spiro atoms. The van der Waals surface area contributed by atoms with Crippen LogP contribution in [-0.4, -0.2) is 63.7 Å². The van der Waals surface area contributed by atoms with Crippen LogP contribution in [0.1, 0.15) is 20.8 Å². The van der Waals surface area contributed by atoms with Gasteiger partial charge < -0.3 is 25.2 Å². The van der Waals surface area contributed by atoms with Crippen LogP contribution < -0.4 is 5.32 Å². The van der Waals surface area contributed by atoms with Crippen LogP contribution in [-0.2, 0) is 4.74 Å². The van der Waals surface area contributed by atoms with E-state index in [9.17, 15) is 15.3 Å². The molecule has 0 saturated carbocycles. The Morgan fingerprint density at radius 1 is 1.18 bits per heavy atom. The highest BCUT2D eigenvalue weighted by atomic mass is 16.5. The quantitative estimate of drug-likeness (QED) is 0.385. The van der Waals surface area contributed by atoms with Crippen LogP contribution in [0.15, 0.2) is 0 Å². The van der Waals surface area contributed by atoms with Gasteiger partial charge in [-0.25, -0.2) is 0 Å². The molecule has 0 aliphatic carbocycles. The summed E-state index contributed by atoms with van der Waals surface area (Å²) in [7, 11) is 0. The molecule has 0 aromatic heterocycles. The smallest absolute Gasteiger partial charge is 0.110 e. The summed E-state index contributed by atoms with van der Waals surface area (Å²) in [5.74, 6) is 0.0856. The Kier molecular flexibility index (Phi) is 5.30. The number of rotatable bonds is 4. The Balaban J connectivity index is 2.83. The average molecular weight is 249 g/mol. The van der Waals surface area contributed by atoms with Gasteiger partial charge in [0.05, 0.1) is 18.8 Å². The molecular formula is C11H23NO5. The number of aliphatic hydroxyl groups excluding tert-OH is 4. The molecule has 0 radical (unpaired) electrons. The van der Waals surface area contributed by atoms with Crippen molar-refractivity contribution < 1.29 is 25.2 Å². The molecule has 6 nitrogen and oxygen atoms in total. The molecule has 1 aliphatic heterocycles. The van der Waals surface area contributed by atoms with Crippen molar-refractivity contribution in [1.82, 2.24) is 5.32 Å². The number of hydrogen-bond acceptors (Lipinski definition) is 6. The van der Waals surface area contributed by atoms with Crippen molar-refractivity contribution in [1.29, 1.82) is 0 Å². The van der Waals surface area contributed by atoms with Crippen LogP contribution in [0.4, 0.5) is 0 Å². The lowest BCUT2D eigenvalue weighted by Gasteiger charge is -2.45. The number of hydrogen-bond donors (Lipinski definition) is 5. The molecule has 0 amide bonds. The standard InChI is InChI=1S/C11H23NO5/c1-5(2)11-8(12-6(3)14)10(16)9(15)7(4-13)17-11/h5-16H,4H2,1-3H3. The average Bonchev–Trinajstić information content (AvgIpc) is 2.24. The van der Waals surface area contributed by atoms with Crippen LogP contribution in [0.3, 0.4) is 0 Å². The lowest BCUT2D eigenvalue weighted by molar-refractivity contribution is -0.208. The van der Waals surface area contributed by atoms with E-state index in [2.05, 4.69) is 5.32 Å². The molecule has 6 unspecified atom stereocenters. The largest absolute Gasteiger partial charge is 0.394 e. The van der Waals surface area contributed by atoms with Gasteiger partial charge in [0.25, 0.3) is 0 Å². The minimum atomic E-state index is -1.16. The fourth-order valence-corrected chi connectivity index (χ4v) is 2.19. The lowest BCUT2D eigenvalue weighted by Crippen LogP contribution is -2.65. The van der Waals surface area contributed by atoms with Crippen molar-refractivity contribution in [2.75, 3.05) is 6.61 Å². The lowest BCUT2D eigenvalue weighted by atomic mass is 9.87. The monoisotopic (exact) mass is 249 g/mol. The molecule has 1 heterocycles. The zero-order valence-electron chi connectivity index (χ0n) is 10.4. The van der Waals surface area contributed by atoms with Gasteiger partial charge in [-0.2, -0.15) is 0 Å². The third-order valence-electron chi connectivity index (χ3n) is 3.06. The van der Waals surface area contributed by atoms with E-state index in [4.69, 9.17) is 9.84 Å². The third-order valence-corrected chi connectivity index (χ3v) is 3.06. The maximum atomic E-state index is 9.99. The van der Waals surface area contributed by atoms with E-state index in [1.165, 1.54) is 6.92 Å². The summed E-state index contributed by atoms with van der Waals surface area (Å²) in [6.07, 6.45) is -4.21. The summed E-state index contributed by atoms with van der Waals surface area (Å²) in [6.45, 7) is 5.03. The Hall–Kier alpha value is -0.240. The Bertz CT molecular complexity index is 236. The highest BCUT2D eigenvalue weighted by Crippen LogP contribution is 2.25. The van der Waals surface area contributed by atoms with Crippen LogP contribution in [0, 0.1) is 5.92 Å². The molecule has 6 atom stereocenters. The van der Waals surface area contributed by atoms with Crippen molar-refractivity contribution >= 4 is 0 Å². The van der Waals surface area contributed by atoms with Crippen molar-refractivity contribution in [3.05, 3.63) is 0 Å². The fourth-order valence-electron chi connectivity index (χ4n) is 2.19. The zero-order valence-corrected chi connectivity index (χ0v) is 10.4. The zero-order chi connectivity index (χ0) is 13.2. The van der Waals surface area contributed by atoms with Crippen molar-refractivity contribution in [2.24, 2.45) is 5.92 Å². The normalized spacial score (nSPS) is 40.6. The van der Waals surface area contributed by atoms with Gasteiger partial charge >= 0.3 is 0 Å². The molecule has 102 valence electrons. The first kappa shape index (κ1) is 14.8. The molecule has 1 aliphatic rings. The van der Waals surface area contributed by atoms with E-state index >= 15 is 0 Å². The van der Waals surface area contributed by atoms with Crippen LogP contribution >= 0.6 is 0 Å². The predicted octanol–water partition coefficient (Wildman–Crippen LogP) is -1.58. The molecule has 1 saturated heterocycles. The van der Waals surface area contributed by atoms with Gasteiger partial charge in [0.15, 0.2) is 0 Å². The third kappa shape index (κ3) is 3.37. The van der Waals surface area contributed by atoms with Crippen LogP contribution in [0.25, 0.3) is 0 Å². The van der Waals surface area contributed by atoms with Gasteiger partial charge in [0.2, 0.25) is 0 Å². The van der Waals surface area contributed by atoms with E-state index in [0.29, 0.717) is 0 Å². The summed E-state index contributed by atoms with van der Waals surface area (Å²) in [5.41, 5.74) is 0. The number of nitrogens with one attached hydrogen (secondary N) is 1. The number of aliphatic hydroxyl groups is 4. The highest BCUT2D eigenvalue weighted by Gasteiger charge is 2.45. The first-order valence-electron chi connectivity index (χ1n) is 5.95. The minimum absolute atomic E-state index is 0.0856. The van der Waals surface area contributed by atoms with E-state index in [-0.39, 0.29) is 18.6 Å². The van der Waals surface area contributed by atoms with E-state index in [1.54, 1.807) is 0 Å². The fraction of sp³-hybridized carbons (Fsp3) is 1.00. The molecule has 0 bridgehead atoms. The molecule has 0 aromatic rings. The highest BCUT2D eigenvalue weighted by molar-refractivity contribution is 4.97. The first-order chi connectivity index (χ1) is 7.88. The second-order valence-electron chi connectivity index (χ2n) is 4.92. The van der Waals surface area contributed by atoms with Crippen LogP contribution in [0.2, 0.25) is 0 Å². The van der Waals surface area contributed by atoms with Crippen molar-refractivity contribution in [3.63, 3.8) is 0 Å². The molecule has 0 aromatic carbocycles. The van der Waals surface area contributed by atoms with E-state index in [0.717, 1.165) is 0 Å². The van der Waals surface area contributed by atoms with Gasteiger partial charge in [-0.1, -0.05) is 13.8 Å². The topological polar surface area (TPSA) is 102 Å². The van der Waals surface area contributed by atoms with Gasteiger partial charge in [0, 0.05) is 0 Å². The SMILES string of the molecule is CC(O)NC1C(O)C(O)C(CO)OC1C(C)C. The molecule has 1 fully saturated rings. The van der Waals surface area contributed by atoms with Gasteiger partial charge in [-0.15, -0.1) is 0 Å². The Labute approximate surface area is 101 Å². The maximum Gasteiger partial charge on any atom is 0.110 e. The molecule has 5 N–H and O–H groups in total. The summed E-state index contributed by atoms with van der Waals surface area (Å²) in [5, 5.41) is 40.9. The second-order valence-corrected chi connectivity index (χ2v) is 4.92. The number of ether oxygens (including phenoxy) is 1. The first-order valence-corrected chi connectivity index (χ1v) is 5.95. The summed E-state index contributed by atoms with van der Waals surface area (Å²) in [6, 6.07) is -0.562. The van der Waals surface area contributed by atoms with Gasteiger partial charge in [0.1, 0.15) is 24.5 Å². The minimum Gasteiger partial charge on any atom is -0.394 e. The Morgan fingerprint density at radius 3 is 2.18 bits per heavy atom. The summed E-state index contributed by atoms with van der Waals surface area (Å²) in [4.78, 5) is 0. The predicted molar refractivity (Wildman–Crippen MR) is 61.2 cm³/mol. The molecule has 17 heavy (non-hydrogen) atoms. The summed E-state index contributed by atoms with van der Waals surface area (Å²) < 4.78 is 5.56. The second kappa shape index (κ2) is 6.08. The van der Waals surface area contributed by atoms with Gasteiger partial charge in [-0.05, 0) is 12.8 Å². The Morgan fingerprint density at radius 2 is 1.76 bits per heavy atom. The van der Waals surface area contributed by atoms with Gasteiger partial charge in [-0.3, -0.25) is 5.32 Å². The van der Waals surface area contributed by atoms with E-state index in [1.807, 2.05) is 13.8 Å². The maximum absolute atomic E-state index is 9.99. The summed E-state index contributed by atoms with van der Waals surface area (Å²) >= 11 is 0. The van der Waals surface area contributed by atoms with Crippen molar-refractivity contribution in [2.45, 2.75) is 57.5 Å². The van der Waals surface area contributed by atoms with Crippen molar-refractivity contribution in [3.8, 4) is 0 Å².